The van der Waals surface area contributed by atoms with E-state index >= 15 is 0 Å². The molecule has 2 heterocycles. The average molecular weight is 419 g/mol. The molecule has 4 nitrogen and oxygen atoms in total. The second kappa shape index (κ2) is 9.26. The van der Waals surface area contributed by atoms with E-state index in [1.165, 1.54) is 4.90 Å². The molecule has 3 aromatic rings. The highest BCUT2D eigenvalue weighted by Gasteiger charge is 2.17. The third-order valence-electron chi connectivity index (χ3n) is 5.44. The highest BCUT2D eigenvalue weighted by atomic mass is 32.2. The van der Waals surface area contributed by atoms with Crippen molar-refractivity contribution in [3.05, 3.63) is 78.5 Å². The van der Waals surface area contributed by atoms with Gasteiger partial charge in [-0.05, 0) is 78.9 Å². The number of thioether (sulfide) groups is 1. The lowest BCUT2D eigenvalue weighted by Crippen LogP contribution is -2.28. The van der Waals surface area contributed by atoms with Crippen molar-refractivity contribution in [1.82, 2.24) is 9.47 Å². The molecule has 0 N–H and O–H groups in total. The van der Waals surface area contributed by atoms with Gasteiger partial charge in [-0.2, -0.15) is 0 Å². The Morgan fingerprint density at radius 2 is 1.67 bits per heavy atom. The molecule has 0 fully saturated rings. The summed E-state index contributed by atoms with van der Waals surface area (Å²) in [4.78, 5) is 15.7. The first-order valence-corrected chi connectivity index (χ1v) is 11.3. The molecule has 0 unspecified atom stereocenters. The number of hydrogen-bond donors (Lipinski definition) is 0. The van der Waals surface area contributed by atoms with Crippen LogP contribution in [0.15, 0.2) is 77.7 Å². The monoisotopic (exact) mass is 418 g/mol. The Kier molecular flexibility index (Phi) is 6.29. The Balaban J connectivity index is 1.66. The standard InChI is InChI=1S/C25H26N2O2S/c1-29-22-11-5-19(6-12-22)24-15-9-21(10-16-25(28)26-17-3-4-18-26)27(24)20-7-13-23(30-2)14-8-20/h3-9,11-15H,10,16-18H2,1-2H3. The molecule has 0 saturated carbocycles. The highest BCUT2D eigenvalue weighted by Crippen LogP contribution is 2.30. The maximum absolute atomic E-state index is 12.6. The highest BCUT2D eigenvalue weighted by molar-refractivity contribution is 7.98. The SMILES string of the molecule is COc1ccc(-c2ccc(CCC(=O)N3CC=CC3)n2-c2ccc(SC)cc2)cc1. The lowest BCUT2D eigenvalue weighted by molar-refractivity contribution is -0.129. The van der Waals surface area contributed by atoms with E-state index in [0.717, 1.165) is 41.5 Å². The van der Waals surface area contributed by atoms with E-state index in [0.29, 0.717) is 12.8 Å². The van der Waals surface area contributed by atoms with Crippen LogP contribution in [-0.4, -0.2) is 41.8 Å². The molecule has 1 aromatic heterocycles. The van der Waals surface area contributed by atoms with E-state index < -0.39 is 0 Å². The van der Waals surface area contributed by atoms with Gasteiger partial charge in [0, 0.05) is 35.8 Å². The predicted octanol–water partition coefficient (Wildman–Crippen LogP) is 5.21. The molecule has 5 heteroatoms. The van der Waals surface area contributed by atoms with Crippen LogP contribution in [-0.2, 0) is 11.2 Å². The second-order valence-corrected chi connectivity index (χ2v) is 8.12. The van der Waals surface area contributed by atoms with Crippen molar-refractivity contribution in [3.63, 3.8) is 0 Å². The summed E-state index contributed by atoms with van der Waals surface area (Å²) in [6.45, 7) is 1.46. The van der Waals surface area contributed by atoms with Gasteiger partial charge in [0.1, 0.15) is 5.75 Å². The van der Waals surface area contributed by atoms with Gasteiger partial charge in [0.2, 0.25) is 5.91 Å². The van der Waals surface area contributed by atoms with Crippen molar-refractivity contribution in [1.29, 1.82) is 0 Å². The van der Waals surface area contributed by atoms with E-state index in [4.69, 9.17) is 4.74 Å². The first-order chi connectivity index (χ1) is 14.7. The third kappa shape index (κ3) is 4.31. The molecule has 2 aromatic carbocycles. The van der Waals surface area contributed by atoms with Gasteiger partial charge in [-0.15, -0.1) is 11.8 Å². The van der Waals surface area contributed by atoms with E-state index in [1.54, 1.807) is 18.9 Å². The van der Waals surface area contributed by atoms with E-state index in [9.17, 15) is 4.79 Å². The quantitative estimate of drug-likeness (QED) is 0.390. The normalized spacial score (nSPS) is 13.1. The summed E-state index contributed by atoms with van der Waals surface area (Å²) in [5, 5.41) is 0. The van der Waals surface area contributed by atoms with Crippen LogP contribution in [0.4, 0.5) is 0 Å². The number of aryl methyl sites for hydroxylation is 1. The zero-order valence-electron chi connectivity index (χ0n) is 17.4. The molecule has 1 amide bonds. The molecule has 0 saturated heterocycles. The van der Waals surface area contributed by atoms with Crippen LogP contribution in [0.3, 0.4) is 0 Å². The minimum absolute atomic E-state index is 0.205. The lowest BCUT2D eigenvalue weighted by atomic mass is 10.1. The summed E-state index contributed by atoms with van der Waals surface area (Å²) in [6, 6.07) is 21.0. The molecular weight excluding hydrogens is 392 g/mol. The molecule has 154 valence electrons. The first kappa shape index (κ1) is 20.4. The Bertz CT molecular complexity index is 1030. The minimum Gasteiger partial charge on any atom is -0.497 e. The van der Waals surface area contributed by atoms with Crippen LogP contribution in [0.5, 0.6) is 5.75 Å². The minimum atomic E-state index is 0.205. The average Bonchev–Trinajstić information content (AvgIpc) is 3.48. The summed E-state index contributed by atoms with van der Waals surface area (Å²) in [7, 11) is 1.68. The third-order valence-corrected chi connectivity index (χ3v) is 6.19. The molecular formula is C25H26N2O2S. The molecule has 0 aliphatic carbocycles. The van der Waals surface area contributed by atoms with Gasteiger partial charge >= 0.3 is 0 Å². The summed E-state index contributed by atoms with van der Waals surface area (Å²) in [5.41, 5.74) is 4.47. The van der Waals surface area contributed by atoms with E-state index in [2.05, 4.69) is 71.5 Å². The Hall–Kier alpha value is -2.92. The molecule has 1 aliphatic rings. The number of carbonyl (C=O) groups is 1. The number of carbonyl (C=O) groups excluding carboxylic acids is 1. The summed E-state index contributed by atoms with van der Waals surface area (Å²) >= 11 is 1.73. The van der Waals surface area contributed by atoms with Crippen molar-refractivity contribution in [2.24, 2.45) is 0 Å². The Labute approximate surface area is 182 Å². The van der Waals surface area contributed by atoms with Gasteiger partial charge < -0.3 is 14.2 Å². The van der Waals surface area contributed by atoms with Gasteiger partial charge in [-0.25, -0.2) is 0 Å². The zero-order chi connectivity index (χ0) is 20.9. The van der Waals surface area contributed by atoms with Crippen molar-refractivity contribution < 1.29 is 9.53 Å². The number of nitrogens with zero attached hydrogens (tertiary/aromatic N) is 2. The smallest absolute Gasteiger partial charge is 0.223 e. The van der Waals surface area contributed by atoms with Crippen LogP contribution in [0, 0.1) is 0 Å². The van der Waals surface area contributed by atoms with Gasteiger partial charge in [0.15, 0.2) is 0 Å². The molecule has 0 atom stereocenters. The fourth-order valence-electron chi connectivity index (χ4n) is 3.77. The number of amides is 1. The van der Waals surface area contributed by atoms with Crippen LogP contribution in [0.25, 0.3) is 16.9 Å². The largest absolute Gasteiger partial charge is 0.497 e. The fourth-order valence-corrected chi connectivity index (χ4v) is 4.18. The van der Waals surface area contributed by atoms with Gasteiger partial charge in [-0.3, -0.25) is 4.79 Å². The van der Waals surface area contributed by atoms with Gasteiger partial charge in [0.05, 0.1) is 12.8 Å². The molecule has 4 rings (SSSR count). The van der Waals surface area contributed by atoms with Crippen LogP contribution in [0.1, 0.15) is 12.1 Å². The van der Waals surface area contributed by atoms with Crippen molar-refractivity contribution >= 4 is 17.7 Å². The van der Waals surface area contributed by atoms with Crippen LogP contribution < -0.4 is 4.74 Å². The summed E-state index contributed by atoms with van der Waals surface area (Å²) < 4.78 is 7.57. The molecule has 30 heavy (non-hydrogen) atoms. The van der Waals surface area contributed by atoms with E-state index in [-0.39, 0.29) is 5.91 Å². The lowest BCUT2D eigenvalue weighted by Gasteiger charge is -2.17. The maximum Gasteiger partial charge on any atom is 0.223 e. The number of ether oxygens (including phenoxy) is 1. The summed E-state index contributed by atoms with van der Waals surface area (Å²) in [5.74, 6) is 1.04. The molecule has 0 radical (unpaired) electrons. The Morgan fingerprint density at radius 1 is 0.967 bits per heavy atom. The number of benzene rings is 2. The predicted molar refractivity (Wildman–Crippen MR) is 124 cm³/mol. The van der Waals surface area contributed by atoms with E-state index in [1.807, 2.05) is 17.0 Å². The molecule has 0 spiro atoms. The van der Waals surface area contributed by atoms with Crippen molar-refractivity contribution in [2.75, 3.05) is 26.5 Å². The van der Waals surface area contributed by atoms with Crippen molar-refractivity contribution in [3.8, 4) is 22.7 Å². The van der Waals surface area contributed by atoms with Gasteiger partial charge in [-0.1, -0.05) is 12.2 Å². The zero-order valence-corrected chi connectivity index (χ0v) is 18.2. The maximum atomic E-state index is 12.6. The van der Waals surface area contributed by atoms with Gasteiger partial charge in [0.25, 0.3) is 0 Å². The fraction of sp³-hybridized carbons (Fsp3) is 0.240. The first-order valence-electron chi connectivity index (χ1n) is 10.1. The van der Waals surface area contributed by atoms with Crippen LogP contribution in [0.2, 0.25) is 0 Å². The Morgan fingerprint density at radius 3 is 2.30 bits per heavy atom. The van der Waals surface area contributed by atoms with Crippen LogP contribution >= 0.6 is 11.8 Å². The number of aromatic nitrogens is 1. The molecule has 0 bridgehead atoms. The number of hydrogen-bond acceptors (Lipinski definition) is 3. The summed E-state index contributed by atoms with van der Waals surface area (Å²) in [6.07, 6.45) is 7.40. The molecule has 1 aliphatic heterocycles. The van der Waals surface area contributed by atoms with Crippen molar-refractivity contribution in [2.45, 2.75) is 17.7 Å². The number of methoxy groups -OCH3 is 1. The number of rotatable bonds is 7. The topological polar surface area (TPSA) is 34.5 Å². The second-order valence-electron chi connectivity index (χ2n) is 7.24.